The molecule has 0 aromatic heterocycles. The van der Waals surface area contributed by atoms with Crippen molar-refractivity contribution in [3.63, 3.8) is 0 Å². The zero-order chi connectivity index (χ0) is 35.3. The molecule has 272 valence electrons. The van der Waals surface area contributed by atoms with E-state index in [1.807, 2.05) is 0 Å². The van der Waals surface area contributed by atoms with E-state index in [-0.39, 0.29) is 40.9 Å². The topological polar surface area (TPSA) is 55.4 Å². The van der Waals surface area contributed by atoms with Crippen LogP contribution in [0.25, 0.3) is 0 Å². The maximum absolute atomic E-state index is 6.50. The van der Waals surface area contributed by atoms with Crippen molar-refractivity contribution in [3.05, 3.63) is 73.5 Å². The number of allylic oxidation sites excluding steroid dienone is 4. The number of benzene rings is 3. The van der Waals surface area contributed by atoms with Crippen molar-refractivity contribution in [2.75, 3.05) is 42.7 Å². The molecule has 0 saturated heterocycles. The molecule has 0 fully saturated rings. The van der Waals surface area contributed by atoms with Crippen LogP contribution in [0.2, 0.25) is 3.72 Å². The third kappa shape index (κ3) is 6.60. The van der Waals surface area contributed by atoms with Crippen molar-refractivity contribution >= 4 is 23.6 Å². The van der Waals surface area contributed by atoms with E-state index in [1.165, 1.54) is 21.9 Å². The SMILES string of the molecule is COc1cc(C)c(C)c([Si](C2=C(C)C(C)=C(C)[C]2(C)[Ti+3])(c2c(C)c(C)cc(OC)c2OC)c2c(C)c(C)cc(OC)c2OC)c1OC.[Cl-].[Cl-].[Cl-]. The van der Waals surface area contributed by atoms with Crippen molar-refractivity contribution in [2.24, 2.45) is 0 Å². The fraction of sp³-hybridized carbons (Fsp3) is 0.436. The Balaban J connectivity index is 0.00000417. The first-order valence-corrected chi connectivity index (χ1v) is 18.7. The van der Waals surface area contributed by atoms with Gasteiger partial charge in [0.05, 0.1) is 0 Å². The van der Waals surface area contributed by atoms with Crippen LogP contribution < -0.4 is 81.2 Å². The van der Waals surface area contributed by atoms with Crippen LogP contribution in [-0.2, 0) is 20.4 Å². The molecule has 0 spiro atoms. The van der Waals surface area contributed by atoms with E-state index in [0.717, 1.165) is 48.9 Å². The molecule has 1 aliphatic rings. The molecule has 0 radical (unpaired) electrons. The fourth-order valence-electron chi connectivity index (χ4n) is 7.81. The molecular formula is C39H51Cl3O6SiTi. The van der Waals surface area contributed by atoms with E-state index in [1.54, 1.807) is 42.7 Å². The van der Waals surface area contributed by atoms with Gasteiger partial charge in [0.25, 0.3) is 0 Å². The second-order valence-electron chi connectivity index (χ2n) is 12.9. The molecule has 11 heteroatoms. The van der Waals surface area contributed by atoms with E-state index < -0.39 is 8.07 Å². The summed E-state index contributed by atoms with van der Waals surface area (Å²) < 4.78 is 37.5. The summed E-state index contributed by atoms with van der Waals surface area (Å²) in [5.41, 5.74) is 10.6. The molecule has 50 heavy (non-hydrogen) atoms. The first-order valence-electron chi connectivity index (χ1n) is 15.9. The third-order valence-corrected chi connectivity index (χ3v) is 17.9. The average Bonchev–Trinajstić information content (AvgIpc) is 3.20. The number of ether oxygens (including phenoxy) is 6. The Hall–Kier alpha value is -2.26. The zero-order valence-electron chi connectivity index (χ0n) is 32.3. The Kier molecular flexibility index (Phi) is 15.6. The Morgan fingerprint density at radius 1 is 0.480 bits per heavy atom. The number of halogens is 3. The molecule has 0 amide bonds. The summed E-state index contributed by atoms with van der Waals surface area (Å²) in [4.78, 5) is 0. The van der Waals surface area contributed by atoms with Crippen molar-refractivity contribution in [3.8, 4) is 34.5 Å². The molecule has 3 aromatic rings. The van der Waals surface area contributed by atoms with Crippen LogP contribution in [0.5, 0.6) is 34.5 Å². The fourth-order valence-corrected chi connectivity index (χ4v) is 16.4. The van der Waals surface area contributed by atoms with Gasteiger partial charge in [0.1, 0.15) is 0 Å². The second kappa shape index (κ2) is 17.0. The number of hydrogen-bond acceptors (Lipinski definition) is 6. The first-order chi connectivity index (χ1) is 22.1. The third-order valence-electron chi connectivity index (χ3n) is 10.8. The van der Waals surface area contributed by atoms with Crippen LogP contribution in [0.4, 0.5) is 0 Å². The Bertz CT molecular complexity index is 1670. The van der Waals surface area contributed by atoms with Crippen LogP contribution in [0.3, 0.4) is 0 Å². The van der Waals surface area contributed by atoms with Gasteiger partial charge < -0.3 is 37.2 Å². The quantitative estimate of drug-likeness (QED) is 0.175. The van der Waals surface area contributed by atoms with Gasteiger partial charge in [-0.25, -0.2) is 0 Å². The monoisotopic (exact) mass is 796 g/mol. The normalized spacial score (nSPS) is 15.6. The summed E-state index contributed by atoms with van der Waals surface area (Å²) in [5.74, 6) is 4.19. The maximum atomic E-state index is 6.50. The summed E-state index contributed by atoms with van der Waals surface area (Å²) in [5, 5.41) is 4.65. The molecule has 0 aliphatic heterocycles. The number of aryl methyl sites for hydroxylation is 3. The summed E-state index contributed by atoms with van der Waals surface area (Å²) in [6.07, 6.45) is 0. The molecule has 1 atom stereocenters. The van der Waals surface area contributed by atoms with E-state index in [2.05, 4.69) is 108 Å². The standard InChI is InChI=1S/C39H51O6Si.3ClH.Ti/c1-20-17-30(40-11)33(43-14)37(23(20)4)46(36-28(9)26(7)27(8)29(36)10,38-24(5)21(2)18-31(41-12)34(38)44-15)39-25(6)22(3)19-32(42-13)35(39)45-16;;;;/h17-19H,1-16H3;3*1H;/q;;;;+3/p-3. The minimum atomic E-state index is -3.62. The first kappa shape index (κ1) is 45.8. The molecule has 6 nitrogen and oxygen atoms in total. The van der Waals surface area contributed by atoms with E-state index in [4.69, 9.17) is 28.4 Å². The van der Waals surface area contributed by atoms with Gasteiger partial charge in [-0.05, 0) is 0 Å². The van der Waals surface area contributed by atoms with Gasteiger partial charge in [-0.15, -0.1) is 0 Å². The number of methoxy groups -OCH3 is 6. The van der Waals surface area contributed by atoms with Gasteiger partial charge in [0.15, 0.2) is 0 Å². The maximum Gasteiger partial charge on any atom is -1.00 e. The van der Waals surface area contributed by atoms with Crippen molar-refractivity contribution < 1.29 is 86.1 Å². The molecule has 1 aliphatic carbocycles. The van der Waals surface area contributed by atoms with E-state index in [9.17, 15) is 0 Å². The van der Waals surface area contributed by atoms with Crippen LogP contribution in [-0.4, -0.2) is 50.7 Å². The minimum Gasteiger partial charge on any atom is -1.00 e. The van der Waals surface area contributed by atoms with Crippen molar-refractivity contribution in [1.82, 2.24) is 0 Å². The van der Waals surface area contributed by atoms with Gasteiger partial charge in [-0.1, -0.05) is 0 Å². The van der Waals surface area contributed by atoms with E-state index in [0.29, 0.717) is 34.5 Å². The summed E-state index contributed by atoms with van der Waals surface area (Å²) in [7, 11) is 6.74. The van der Waals surface area contributed by atoms with Crippen LogP contribution in [0.1, 0.15) is 61.1 Å². The summed E-state index contributed by atoms with van der Waals surface area (Å²) >= 11 is 2.36. The summed E-state index contributed by atoms with van der Waals surface area (Å²) in [6, 6.07) is 6.23. The molecule has 4 rings (SSSR count). The molecule has 0 heterocycles. The summed E-state index contributed by atoms with van der Waals surface area (Å²) in [6.45, 7) is 22.2. The van der Waals surface area contributed by atoms with Gasteiger partial charge in [-0.3, -0.25) is 0 Å². The van der Waals surface area contributed by atoms with Gasteiger partial charge in [0, 0.05) is 0 Å². The number of hydrogen-bond donors (Lipinski definition) is 0. The van der Waals surface area contributed by atoms with E-state index >= 15 is 0 Å². The molecule has 3 aromatic carbocycles. The zero-order valence-corrected chi connectivity index (χ0v) is 37.1. The molecule has 1 unspecified atom stereocenters. The predicted octanol–water partition coefficient (Wildman–Crippen LogP) is -2.00. The average molecular weight is 798 g/mol. The van der Waals surface area contributed by atoms with Crippen molar-refractivity contribution in [1.29, 1.82) is 0 Å². The van der Waals surface area contributed by atoms with Gasteiger partial charge in [0.2, 0.25) is 0 Å². The second-order valence-corrected chi connectivity index (χ2v) is 18.0. The predicted molar refractivity (Wildman–Crippen MR) is 191 cm³/mol. The van der Waals surface area contributed by atoms with Gasteiger partial charge in [-0.2, -0.15) is 0 Å². The van der Waals surface area contributed by atoms with Crippen LogP contribution in [0.15, 0.2) is 40.1 Å². The Morgan fingerprint density at radius 3 is 0.960 bits per heavy atom. The molecular weight excluding hydrogens is 747 g/mol. The van der Waals surface area contributed by atoms with Gasteiger partial charge >= 0.3 is 296 Å². The number of rotatable bonds is 10. The molecule has 0 saturated carbocycles. The largest absolute Gasteiger partial charge is 1.00 e. The molecule has 0 bridgehead atoms. The van der Waals surface area contributed by atoms with Crippen LogP contribution >= 0.6 is 0 Å². The minimum absolute atomic E-state index is 0. The van der Waals surface area contributed by atoms with Crippen molar-refractivity contribution in [2.45, 2.75) is 73.0 Å². The molecule has 0 N–H and O–H groups in total. The Morgan fingerprint density at radius 2 is 0.760 bits per heavy atom. The van der Waals surface area contributed by atoms with Crippen LogP contribution in [0, 0.1) is 41.5 Å². The Labute approximate surface area is 331 Å². The smallest absolute Gasteiger partial charge is 1.00 e.